The number of sulfonamides is 1. The fraction of sp³-hybridized carbons (Fsp3) is 0.200. The number of fused-ring (bicyclic) bond motifs is 1. The third kappa shape index (κ3) is 3.00. The zero-order chi connectivity index (χ0) is 14.8. The predicted molar refractivity (Wildman–Crippen MR) is 70.9 cm³/mol. The van der Waals surface area contributed by atoms with Crippen molar-refractivity contribution in [3.05, 3.63) is 29.5 Å². The summed E-state index contributed by atoms with van der Waals surface area (Å²) in [7, 11) is -3.89. The topological polar surface area (TPSA) is 116 Å². The van der Waals surface area contributed by atoms with E-state index in [2.05, 4.69) is 14.4 Å². The number of ether oxygens (including phenoxy) is 1. The van der Waals surface area contributed by atoms with Crippen LogP contribution < -0.4 is 10.5 Å². The van der Waals surface area contributed by atoms with E-state index >= 15 is 0 Å². The lowest BCUT2D eigenvalue weighted by Crippen LogP contribution is -2.30. The van der Waals surface area contributed by atoms with Gasteiger partial charge in [0.15, 0.2) is 10.2 Å². The Morgan fingerprint density at radius 3 is 2.95 bits per heavy atom. The molecule has 0 spiro atoms. The molecule has 0 radical (unpaired) electrons. The number of hydrogen-bond acceptors (Lipinski definition) is 5. The first-order valence-electron chi connectivity index (χ1n) is 5.46. The average Bonchev–Trinajstić information content (AvgIpc) is 2.71. The van der Waals surface area contributed by atoms with Crippen LogP contribution in [0.3, 0.4) is 0 Å². The summed E-state index contributed by atoms with van der Waals surface area (Å²) in [5.74, 6) is 0. The van der Waals surface area contributed by atoms with Crippen LogP contribution in [0.2, 0.25) is 5.15 Å². The summed E-state index contributed by atoms with van der Waals surface area (Å²) in [5, 5.41) is -0.312. The average molecular weight is 319 g/mol. The van der Waals surface area contributed by atoms with Crippen LogP contribution in [0, 0.1) is 0 Å². The minimum atomic E-state index is -3.89. The number of pyridine rings is 1. The summed E-state index contributed by atoms with van der Waals surface area (Å²) < 4.78 is 32.3. The highest BCUT2D eigenvalue weighted by molar-refractivity contribution is 7.89. The van der Waals surface area contributed by atoms with Gasteiger partial charge in [0.1, 0.15) is 12.3 Å². The van der Waals surface area contributed by atoms with Gasteiger partial charge >= 0.3 is 6.09 Å². The molecule has 0 unspecified atom stereocenters. The number of nitrogens with two attached hydrogens (primary N) is 1. The first kappa shape index (κ1) is 14.6. The molecular weight excluding hydrogens is 308 g/mol. The van der Waals surface area contributed by atoms with E-state index in [0.717, 1.165) is 0 Å². The Labute approximate surface area is 119 Å². The van der Waals surface area contributed by atoms with E-state index in [0.29, 0.717) is 5.65 Å². The Balaban J connectivity index is 2.23. The maximum Gasteiger partial charge on any atom is 0.404 e. The molecular formula is C10H11ClN4O4S. The molecule has 3 N–H and O–H groups in total. The zero-order valence-electron chi connectivity index (χ0n) is 10.1. The number of halogens is 1. The third-order valence-electron chi connectivity index (χ3n) is 2.34. The quantitative estimate of drug-likeness (QED) is 0.772. The number of rotatable bonds is 5. The number of amides is 1. The third-order valence-corrected chi connectivity index (χ3v) is 4.20. The molecule has 0 atom stereocenters. The molecule has 0 fully saturated rings. The van der Waals surface area contributed by atoms with Crippen molar-refractivity contribution in [1.82, 2.24) is 14.1 Å². The lowest BCUT2D eigenvalue weighted by Gasteiger charge is -2.06. The molecule has 0 aromatic carbocycles. The summed E-state index contributed by atoms with van der Waals surface area (Å²) >= 11 is 5.86. The maximum atomic E-state index is 12.1. The number of nitrogens with zero attached hydrogens (tertiary/aromatic N) is 2. The molecule has 2 heterocycles. The minimum absolute atomic E-state index is 0.123. The Morgan fingerprint density at radius 2 is 2.25 bits per heavy atom. The fourth-order valence-electron chi connectivity index (χ4n) is 1.58. The van der Waals surface area contributed by atoms with Gasteiger partial charge in [-0.05, 0) is 12.1 Å². The second kappa shape index (κ2) is 5.65. The molecule has 20 heavy (non-hydrogen) atoms. The van der Waals surface area contributed by atoms with Gasteiger partial charge in [-0.1, -0.05) is 17.7 Å². The minimum Gasteiger partial charge on any atom is -0.448 e. The maximum absolute atomic E-state index is 12.1. The van der Waals surface area contributed by atoms with Crippen LogP contribution in [0.5, 0.6) is 0 Å². The fourth-order valence-corrected chi connectivity index (χ4v) is 3.23. The van der Waals surface area contributed by atoms with Crippen LogP contribution in [-0.2, 0) is 14.8 Å². The molecule has 2 aromatic heterocycles. The van der Waals surface area contributed by atoms with Gasteiger partial charge in [-0.3, -0.25) is 4.40 Å². The first-order valence-corrected chi connectivity index (χ1v) is 7.32. The van der Waals surface area contributed by atoms with Crippen LogP contribution >= 0.6 is 11.6 Å². The number of hydrogen-bond donors (Lipinski definition) is 2. The molecule has 0 bridgehead atoms. The highest BCUT2D eigenvalue weighted by Crippen LogP contribution is 2.21. The van der Waals surface area contributed by atoms with Crippen LogP contribution in [0.4, 0.5) is 4.79 Å². The number of carbonyl (C=O) groups excluding carboxylic acids is 1. The SMILES string of the molecule is NC(=O)OCCNS(=O)(=O)c1c(Cl)nc2ccccn12. The Kier molecular flexibility index (Phi) is 4.12. The number of carbonyl (C=O) groups is 1. The van der Waals surface area contributed by atoms with E-state index in [1.807, 2.05) is 0 Å². The number of primary amides is 1. The monoisotopic (exact) mass is 318 g/mol. The van der Waals surface area contributed by atoms with Crippen LogP contribution in [0.25, 0.3) is 5.65 Å². The van der Waals surface area contributed by atoms with E-state index in [1.54, 1.807) is 18.2 Å². The van der Waals surface area contributed by atoms with Crippen molar-refractivity contribution < 1.29 is 17.9 Å². The zero-order valence-corrected chi connectivity index (χ0v) is 11.7. The van der Waals surface area contributed by atoms with Gasteiger partial charge in [0.2, 0.25) is 0 Å². The molecule has 0 saturated carbocycles. The predicted octanol–water partition coefficient (Wildman–Crippen LogP) is 0.361. The summed E-state index contributed by atoms with van der Waals surface area (Å²) in [6.07, 6.45) is 0.555. The standard InChI is InChI=1S/C10H11ClN4O4S/c11-8-9(15-5-2-1-3-7(15)14-8)20(17,18)13-4-6-19-10(12)16/h1-3,5,13H,4,6H2,(H2,12,16). The number of nitrogens with one attached hydrogen (secondary N) is 1. The lowest BCUT2D eigenvalue weighted by molar-refractivity contribution is 0.159. The smallest absolute Gasteiger partial charge is 0.404 e. The van der Waals surface area contributed by atoms with Gasteiger partial charge in [0.25, 0.3) is 10.0 Å². The van der Waals surface area contributed by atoms with Crippen molar-refractivity contribution in [2.75, 3.05) is 13.2 Å². The largest absolute Gasteiger partial charge is 0.448 e. The van der Waals surface area contributed by atoms with Crippen LogP contribution in [0.1, 0.15) is 0 Å². The van der Waals surface area contributed by atoms with Crippen molar-refractivity contribution in [3.63, 3.8) is 0 Å². The highest BCUT2D eigenvalue weighted by atomic mass is 35.5. The summed E-state index contributed by atoms with van der Waals surface area (Å²) in [5.41, 5.74) is 5.17. The molecule has 0 aliphatic rings. The molecule has 1 amide bonds. The Hall–Kier alpha value is -1.84. The van der Waals surface area contributed by atoms with Crippen LogP contribution in [0.15, 0.2) is 29.4 Å². The van der Waals surface area contributed by atoms with E-state index in [4.69, 9.17) is 17.3 Å². The summed E-state index contributed by atoms with van der Waals surface area (Å²) in [4.78, 5) is 14.3. The molecule has 108 valence electrons. The molecule has 0 saturated heterocycles. The second-order valence-electron chi connectivity index (χ2n) is 3.70. The highest BCUT2D eigenvalue weighted by Gasteiger charge is 2.23. The van der Waals surface area contributed by atoms with Gasteiger partial charge in [-0.15, -0.1) is 0 Å². The first-order chi connectivity index (χ1) is 9.42. The lowest BCUT2D eigenvalue weighted by atomic mass is 10.5. The molecule has 0 aliphatic carbocycles. The molecule has 2 rings (SSSR count). The summed E-state index contributed by atoms with van der Waals surface area (Å²) in [6.45, 7) is -0.301. The van der Waals surface area contributed by atoms with E-state index in [1.165, 1.54) is 10.6 Å². The number of imidazole rings is 1. The van der Waals surface area contributed by atoms with Crippen LogP contribution in [-0.4, -0.2) is 37.0 Å². The van der Waals surface area contributed by atoms with Gasteiger partial charge in [0, 0.05) is 12.7 Å². The van der Waals surface area contributed by atoms with Crippen molar-refractivity contribution >= 4 is 33.4 Å². The van der Waals surface area contributed by atoms with E-state index in [9.17, 15) is 13.2 Å². The Morgan fingerprint density at radius 1 is 1.50 bits per heavy atom. The second-order valence-corrected chi connectivity index (χ2v) is 5.74. The normalized spacial score (nSPS) is 11.7. The van der Waals surface area contributed by atoms with Crippen molar-refractivity contribution in [1.29, 1.82) is 0 Å². The van der Waals surface area contributed by atoms with Gasteiger partial charge in [0.05, 0.1) is 0 Å². The summed E-state index contributed by atoms with van der Waals surface area (Å²) in [6, 6.07) is 4.99. The van der Waals surface area contributed by atoms with Gasteiger partial charge in [-0.2, -0.15) is 0 Å². The van der Waals surface area contributed by atoms with E-state index < -0.39 is 16.1 Å². The molecule has 2 aromatic rings. The van der Waals surface area contributed by atoms with Gasteiger partial charge < -0.3 is 10.5 Å². The number of aromatic nitrogens is 2. The van der Waals surface area contributed by atoms with Crippen molar-refractivity contribution in [2.24, 2.45) is 5.73 Å². The van der Waals surface area contributed by atoms with Crippen molar-refractivity contribution in [3.8, 4) is 0 Å². The van der Waals surface area contributed by atoms with Crippen molar-refractivity contribution in [2.45, 2.75) is 5.03 Å². The molecule has 10 heteroatoms. The molecule has 8 nitrogen and oxygen atoms in total. The Bertz CT molecular complexity index is 743. The molecule has 0 aliphatic heterocycles. The van der Waals surface area contributed by atoms with E-state index in [-0.39, 0.29) is 23.3 Å². The van der Waals surface area contributed by atoms with Gasteiger partial charge in [-0.25, -0.2) is 22.9 Å².